The van der Waals surface area contributed by atoms with Gasteiger partial charge in [0.05, 0.1) is 5.69 Å². The van der Waals surface area contributed by atoms with Gasteiger partial charge in [0.2, 0.25) is 0 Å². The molecule has 0 aromatic heterocycles. The van der Waals surface area contributed by atoms with Gasteiger partial charge in [-0.3, -0.25) is 0 Å². The molecule has 0 atom stereocenters. The fraction of sp³-hybridized carbons (Fsp3) is 0.471. The highest BCUT2D eigenvalue weighted by molar-refractivity contribution is 7.80. The molecule has 0 spiro atoms. The average molecular weight is 367 g/mol. The summed E-state index contributed by atoms with van der Waals surface area (Å²) in [6.45, 7) is 10.3. The van der Waals surface area contributed by atoms with Crippen LogP contribution in [0.15, 0.2) is 24.3 Å². The second kappa shape index (κ2) is 7.69. The second-order valence-corrected chi connectivity index (χ2v) is 7.77. The third-order valence-corrected chi connectivity index (χ3v) is 2.65. The van der Waals surface area contributed by atoms with Crippen LogP contribution >= 0.6 is 12.2 Å². The summed E-state index contributed by atoms with van der Waals surface area (Å²) in [5.74, 6) is 0. The van der Waals surface area contributed by atoms with Crippen molar-refractivity contribution in [2.45, 2.75) is 52.7 Å². The summed E-state index contributed by atoms with van der Waals surface area (Å²) >= 11 is 4.77. The van der Waals surface area contributed by atoms with Gasteiger partial charge in [-0.2, -0.15) is 4.90 Å². The summed E-state index contributed by atoms with van der Waals surface area (Å²) < 4.78 is 10.6. The van der Waals surface area contributed by atoms with Crippen LogP contribution in [0.25, 0.3) is 0 Å². The second-order valence-electron chi connectivity index (χ2n) is 7.33. The van der Waals surface area contributed by atoms with Crippen molar-refractivity contribution >= 4 is 40.9 Å². The van der Waals surface area contributed by atoms with Gasteiger partial charge in [0.1, 0.15) is 11.2 Å². The van der Waals surface area contributed by atoms with Crippen LogP contribution in [0.5, 0.6) is 0 Å². The summed E-state index contributed by atoms with van der Waals surface area (Å²) in [7, 11) is 0. The molecule has 0 fully saturated rings. The van der Waals surface area contributed by atoms with Gasteiger partial charge in [-0.1, -0.05) is 0 Å². The summed E-state index contributed by atoms with van der Waals surface area (Å²) in [5.41, 5.74) is 4.83. The van der Waals surface area contributed by atoms with Gasteiger partial charge in [-0.25, -0.2) is 9.59 Å². The number of ether oxygens (including phenoxy) is 2. The number of hydrogen-bond acceptors (Lipinski definition) is 5. The number of carbonyl (C=O) groups is 2. The van der Waals surface area contributed by atoms with E-state index < -0.39 is 23.4 Å². The van der Waals surface area contributed by atoms with Crippen LogP contribution in [0.4, 0.5) is 21.0 Å². The SMILES string of the molecule is CC(C)(C)OC(=O)N(C(=O)OC(C)(C)C)c1ccc(NC(N)=S)cc1. The maximum absolute atomic E-state index is 12.5. The van der Waals surface area contributed by atoms with E-state index in [1.54, 1.807) is 65.8 Å². The van der Waals surface area contributed by atoms with Crippen LogP contribution in [-0.4, -0.2) is 28.5 Å². The maximum atomic E-state index is 12.5. The molecule has 1 aromatic carbocycles. The Balaban J connectivity index is 3.15. The third-order valence-electron chi connectivity index (χ3n) is 2.55. The first-order chi connectivity index (χ1) is 11.3. The minimum Gasteiger partial charge on any atom is -0.443 e. The van der Waals surface area contributed by atoms with E-state index >= 15 is 0 Å². The van der Waals surface area contributed by atoms with E-state index in [2.05, 4.69) is 5.32 Å². The van der Waals surface area contributed by atoms with E-state index in [9.17, 15) is 9.59 Å². The lowest BCUT2D eigenvalue weighted by atomic mass is 10.2. The molecule has 3 N–H and O–H groups in total. The lowest BCUT2D eigenvalue weighted by molar-refractivity contribution is 0.0431. The summed E-state index contributed by atoms with van der Waals surface area (Å²) in [5, 5.41) is 2.88. The number of hydrogen-bond donors (Lipinski definition) is 2. The van der Waals surface area contributed by atoms with Gasteiger partial charge < -0.3 is 20.5 Å². The predicted octanol–water partition coefficient (Wildman–Crippen LogP) is 4.02. The van der Waals surface area contributed by atoms with Gasteiger partial charge in [-0.15, -0.1) is 0 Å². The highest BCUT2D eigenvalue weighted by Gasteiger charge is 2.32. The number of rotatable bonds is 2. The van der Waals surface area contributed by atoms with Crippen molar-refractivity contribution in [3.05, 3.63) is 24.3 Å². The monoisotopic (exact) mass is 367 g/mol. The van der Waals surface area contributed by atoms with Crippen LogP contribution in [0.2, 0.25) is 0 Å². The number of benzene rings is 1. The third kappa shape index (κ3) is 7.38. The molecule has 0 heterocycles. The van der Waals surface area contributed by atoms with Crippen molar-refractivity contribution in [1.29, 1.82) is 0 Å². The molecule has 0 radical (unpaired) electrons. The Hall–Kier alpha value is -2.35. The highest BCUT2D eigenvalue weighted by Crippen LogP contribution is 2.23. The average Bonchev–Trinajstić information content (AvgIpc) is 2.36. The Morgan fingerprint density at radius 3 is 1.68 bits per heavy atom. The number of nitrogens with zero attached hydrogens (tertiary/aromatic N) is 1. The number of carbonyl (C=O) groups excluding carboxylic acids is 2. The standard InChI is InChI=1S/C17H25N3O4S/c1-16(2,3)23-14(21)20(15(22)24-17(4,5)6)12-9-7-11(8-10-12)19-13(18)25/h7-10H,1-6H3,(H3,18,19,25). The van der Waals surface area contributed by atoms with E-state index in [-0.39, 0.29) is 5.11 Å². The summed E-state index contributed by atoms with van der Waals surface area (Å²) in [6.07, 6.45) is -1.64. The van der Waals surface area contributed by atoms with Gasteiger partial charge in [0.25, 0.3) is 0 Å². The maximum Gasteiger partial charge on any atom is 0.424 e. The van der Waals surface area contributed by atoms with Crippen molar-refractivity contribution in [2.24, 2.45) is 5.73 Å². The molecule has 0 saturated heterocycles. The fourth-order valence-electron chi connectivity index (χ4n) is 1.74. The molecule has 25 heavy (non-hydrogen) atoms. The van der Waals surface area contributed by atoms with Crippen molar-refractivity contribution in [1.82, 2.24) is 0 Å². The van der Waals surface area contributed by atoms with Gasteiger partial charge in [0.15, 0.2) is 5.11 Å². The van der Waals surface area contributed by atoms with Gasteiger partial charge in [0, 0.05) is 5.69 Å². The lowest BCUT2D eigenvalue weighted by Crippen LogP contribution is -2.43. The first-order valence-electron chi connectivity index (χ1n) is 7.71. The Labute approximate surface area is 153 Å². The first kappa shape index (κ1) is 20.7. The number of amides is 2. The molecule has 0 unspecified atom stereocenters. The van der Waals surface area contributed by atoms with Crippen molar-refractivity contribution in [2.75, 3.05) is 10.2 Å². The largest absolute Gasteiger partial charge is 0.443 e. The minimum absolute atomic E-state index is 0.115. The smallest absolute Gasteiger partial charge is 0.424 e. The molecular formula is C17H25N3O4S. The van der Waals surface area contributed by atoms with Crippen molar-refractivity contribution in [3.8, 4) is 0 Å². The quantitative estimate of drug-likeness (QED) is 0.762. The molecule has 1 rings (SSSR count). The zero-order chi connectivity index (χ0) is 19.4. The summed E-state index contributed by atoms with van der Waals surface area (Å²) in [4.78, 5) is 25.8. The van der Waals surface area contributed by atoms with Crippen LogP contribution in [0.1, 0.15) is 41.5 Å². The number of imide groups is 1. The number of anilines is 2. The van der Waals surface area contributed by atoms with Crippen molar-refractivity contribution in [3.63, 3.8) is 0 Å². The molecule has 0 aliphatic heterocycles. The molecule has 0 aliphatic rings. The number of nitrogens with two attached hydrogens (primary N) is 1. The van der Waals surface area contributed by atoms with Gasteiger partial charge in [-0.05, 0) is 78.0 Å². The molecule has 7 nitrogen and oxygen atoms in total. The molecule has 2 amide bonds. The Morgan fingerprint density at radius 1 is 0.960 bits per heavy atom. The first-order valence-corrected chi connectivity index (χ1v) is 8.12. The molecule has 0 bridgehead atoms. The molecule has 138 valence electrons. The molecule has 0 saturated carbocycles. The normalized spacial score (nSPS) is 11.4. The van der Waals surface area contributed by atoms with Crippen LogP contribution in [-0.2, 0) is 9.47 Å². The zero-order valence-corrected chi connectivity index (χ0v) is 16.2. The molecular weight excluding hydrogens is 342 g/mol. The molecule has 0 aliphatic carbocycles. The topological polar surface area (TPSA) is 93.9 Å². The number of nitrogens with one attached hydrogen (secondary N) is 1. The molecule has 8 heteroatoms. The van der Waals surface area contributed by atoms with E-state index in [0.29, 0.717) is 11.4 Å². The molecule has 1 aromatic rings. The zero-order valence-electron chi connectivity index (χ0n) is 15.4. The summed E-state index contributed by atoms with van der Waals surface area (Å²) in [6, 6.07) is 6.40. The lowest BCUT2D eigenvalue weighted by Gasteiger charge is -2.28. The highest BCUT2D eigenvalue weighted by atomic mass is 32.1. The number of thiocarbonyl (C=S) groups is 1. The van der Waals surface area contributed by atoms with E-state index in [0.717, 1.165) is 4.90 Å². The van der Waals surface area contributed by atoms with Crippen LogP contribution in [0, 0.1) is 0 Å². The Morgan fingerprint density at radius 2 is 1.36 bits per heavy atom. The van der Waals surface area contributed by atoms with Crippen LogP contribution < -0.4 is 16.0 Å². The van der Waals surface area contributed by atoms with Crippen molar-refractivity contribution < 1.29 is 19.1 Å². The Bertz CT molecular complexity index is 617. The predicted molar refractivity (Wildman–Crippen MR) is 102 cm³/mol. The van der Waals surface area contributed by atoms with Crippen LogP contribution in [0.3, 0.4) is 0 Å². The van der Waals surface area contributed by atoms with E-state index in [1.165, 1.54) is 0 Å². The van der Waals surface area contributed by atoms with E-state index in [4.69, 9.17) is 27.4 Å². The van der Waals surface area contributed by atoms with E-state index in [1.807, 2.05) is 0 Å². The van der Waals surface area contributed by atoms with Gasteiger partial charge >= 0.3 is 12.2 Å². The minimum atomic E-state index is -0.822. The fourth-order valence-corrected chi connectivity index (χ4v) is 1.85. The Kier molecular flexibility index (Phi) is 6.37.